The molecule has 1 amide bonds. The number of nitrogens with zero attached hydrogens (tertiary/aromatic N) is 3. The monoisotopic (exact) mass is 389 g/mol. The third-order valence-electron chi connectivity index (χ3n) is 5.37. The van der Waals surface area contributed by atoms with Gasteiger partial charge in [0.1, 0.15) is 11.5 Å². The normalized spacial score (nSPS) is 23.7. The van der Waals surface area contributed by atoms with Gasteiger partial charge in [0.15, 0.2) is 0 Å². The van der Waals surface area contributed by atoms with E-state index in [0.29, 0.717) is 41.5 Å². The van der Waals surface area contributed by atoms with E-state index in [-0.39, 0.29) is 11.9 Å². The molecule has 0 unspecified atom stereocenters. The quantitative estimate of drug-likeness (QED) is 0.778. The van der Waals surface area contributed by atoms with Crippen LogP contribution in [0.5, 0.6) is 5.88 Å². The Kier molecular flexibility index (Phi) is 5.00. The zero-order valence-corrected chi connectivity index (χ0v) is 15.8. The molecule has 0 N–H and O–H groups in total. The van der Waals surface area contributed by atoms with Gasteiger partial charge in [-0.15, -0.1) is 0 Å². The number of pyridine rings is 2. The fourth-order valence-electron chi connectivity index (χ4n) is 3.80. The van der Waals surface area contributed by atoms with E-state index in [4.69, 9.17) is 16.3 Å². The molecule has 1 saturated carbocycles. The Morgan fingerprint density at radius 3 is 2.93 bits per heavy atom. The minimum atomic E-state index is -0.395. The molecule has 1 aliphatic carbocycles. The number of rotatable bonds is 5. The van der Waals surface area contributed by atoms with Gasteiger partial charge in [0, 0.05) is 30.8 Å². The lowest BCUT2D eigenvalue weighted by Gasteiger charge is -2.35. The predicted octanol–water partition coefficient (Wildman–Crippen LogP) is 3.90. The number of hydrogen-bond donors (Lipinski definition) is 0. The van der Waals surface area contributed by atoms with Crippen molar-refractivity contribution in [3.63, 3.8) is 0 Å². The molecular formula is C20H21ClFN3O2. The molecule has 3 atom stereocenters. The molecule has 1 aliphatic heterocycles. The molecule has 7 heteroatoms. The standard InChI is InChI=1S/C20H21ClFN3O2/c1-12-2-4-17(21)19(24-12)20(26)25-11-14-8-13(14)9-16(25)6-7-27-18-5-3-15(22)10-23-18/h2-5,10,13-14,16H,6-9,11H2,1H3/t13-,14+,16-/m1/s1. The lowest BCUT2D eigenvalue weighted by molar-refractivity contribution is 0.0559. The summed E-state index contributed by atoms with van der Waals surface area (Å²) in [4.78, 5) is 23.3. The molecule has 5 nitrogen and oxygen atoms in total. The maximum Gasteiger partial charge on any atom is 0.274 e. The summed E-state index contributed by atoms with van der Waals surface area (Å²) < 4.78 is 18.6. The number of aromatic nitrogens is 2. The van der Waals surface area contributed by atoms with Gasteiger partial charge in [0.25, 0.3) is 5.91 Å². The molecule has 0 aromatic carbocycles. The highest BCUT2D eigenvalue weighted by atomic mass is 35.5. The number of carbonyl (C=O) groups excluding carboxylic acids is 1. The van der Waals surface area contributed by atoms with Crippen molar-refractivity contribution >= 4 is 17.5 Å². The smallest absolute Gasteiger partial charge is 0.274 e. The molecular weight excluding hydrogens is 369 g/mol. The average Bonchev–Trinajstić information content (AvgIpc) is 3.42. The van der Waals surface area contributed by atoms with Crippen LogP contribution in [0.4, 0.5) is 4.39 Å². The first kappa shape index (κ1) is 18.2. The average molecular weight is 390 g/mol. The van der Waals surface area contributed by atoms with Crippen LogP contribution in [0.2, 0.25) is 5.02 Å². The Morgan fingerprint density at radius 1 is 1.30 bits per heavy atom. The number of hydrogen-bond acceptors (Lipinski definition) is 4. The fraction of sp³-hybridized carbons (Fsp3) is 0.450. The molecule has 2 aliphatic rings. The largest absolute Gasteiger partial charge is 0.478 e. The van der Waals surface area contributed by atoms with E-state index in [2.05, 4.69) is 9.97 Å². The highest BCUT2D eigenvalue weighted by Crippen LogP contribution is 2.48. The summed E-state index contributed by atoms with van der Waals surface area (Å²) in [6.07, 6.45) is 3.97. The lowest BCUT2D eigenvalue weighted by atomic mass is 9.99. The third kappa shape index (κ3) is 4.05. The van der Waals surface area contributed by atoms with Crippen molar-refractivity contribution in [2.75, 3.05) is 13.2 Å². The molecule has 142 valence electrons. The first-order chi connectivity index (χ1) is 13.0. The number of carbonyl (C=O) groups is 1. The number of aryl methyl sites for hydroxylation is 1. The van der Waals surface area contributed by atoms with Crippen LogP contribution >= 0.6 is 11.6 Å². The molecule has 27 heavy (non-hydrogen) atoms. The van der Waals surface area contributed by atoms with Gasteiger partial charge in [0.05, 0.1) is 17.8 Å². The maximum atomic E-state index is 13.1. The van der Waals surface area contributed by atoms with E-state index < -0.39 is 5.82 Å². The molecule has 1 saturated heterocycles. The topological polar surface area (TPSA) is 55.3 Å². The van der Waals surface area contributed by atoms with E-state index in [9.17, 15) is 9.18 Å². The van der Waals surface area contributed by atoms with Gasteiger partial charge in [-0.2, -0.15) is 0 Å². The first-order valence-electron chi connectivity index (χ1n) is 9.19. The Bertz CT molecular complexity index is 846. The van der Waals surface area contributed by atoms with E-state index in [1.807, 2.05) is 11.8 Å². The van der Waals surface area contributed by atoms with Crippen molar-refractivity contribution in [1.82, 2.24) is 14.9 Å². The van der Waals surface area contributed by atoms with Crippen LogP contribution in [-0.4, -0.2) is 40.0 Å². The van der Waals surface area contributed by atoms with Crippen LogP contribution < -0.4 is 4.74 Å². The highest BCUT2D eigenvalue weighted by molar-refractivity contribution is 6.33. The van der Waals surface area contributed by atoms with Gasteiger partial charge in [-0.05, 0) is 49.8 Å². The summed E-state index contributed by atoms with van der Waals surface area (Å²) in [6, 6.07) is 6.43. The second-order valence-electron chi connectivity index (χ2n) is 7.34. The van der Waals surface area contributed by atoms with E-state index in [1.165, 1.54) is 18.6 Å². The molecule has 2 aromatic heterocycles. The number of halogens is 2. The van der Waals surface area contributed by atoms with Gasteiger partial charge < -0.3 is 9.64 Å². The lowest BCUT2D eigenvalue weighted by Crippen LogP contribution is -2.45. The first-order valence-corrected chi connectivity index (χ1v) is 9.57. The SMILES string of the molecule is Cc1ccc(Cl)c(C(=O)N2C[C@@H]3C[C@@H]3C[C@H]2CCOc2ccc(F)cn2)n1. The Labute approximate surface area is 162 Å². The van der Waals surface area contributed by atoms with Gasteiger partial charge in [-0.25, -0.2) is 14.4 Å². The molecule has 2 fully saturated rings. The van der Waals surface area contributed by atoms with Crippen molar-refractivity contribution in [3.05, 3.63) is 52.7 Å². The molecule has 2 aromatic rings. The Hall–Kier alpha value is -2.21. The van der Waals surface area contributed by atoms with Crippen molar-refractivity contribution < 1.29 is 13.9 Å². The molecule has 0 spiro atoms. The minimum Gasteiger partial charge on any atom is -0.478 e. The summed E-state index contributed by atoms with van der Waals surface area (Å²) in [5, 5.41) is 0.383. The second-order valence-corrected chi connectivity index (χ2v) is 7.74. The van der Waals surface area contributed by atoms with E-state index in [0.717, 1.165) is 24.9 Å². The zero-order valence-electron chi connectivity index (χ0n) is 15.1. The van der Waals surface area contributed by atoms with Crippen LogP contribution in [0.1, 0.15) is 35.4 Å². The van der Waals surface area contributed by atoms with Crippen LogP contribution in [0.15, 0.2) is 30.5 Å². The number of ether oxygens (including phenoxy) is 1. The molecule has 0 radical (unpaired) electrons. The van der Waals surface area contributed by atoms with Gasteiger partial charge in [0.2, 0.25) is 5.88 Å². The van der Waals surface area contributed by atoms with Crippen LogP contribution in [0, 0.1) is 24.6 Å². The van der Waals surface area contributed by atoms with Crippen molar-refractivity contribution in [2.45, 2.75) is 32.2 Å². The molecule has 3 heterocycles. The second kappa shape index (κ2) is 7.43. The van der Waals surface area contributed by atoms with Gasteiger partial charge in [-0.3, -0.25) is 4.79 Å². The van der Waals surface area contributed by atoms with Crippen LogP contribution in [-0.2, 0) is 0 Å². The predicted molar refractivity (Wildman–Crippen MR) is 99.3 cm³/mol. The number of fused-ring (bicyclic) bond motifs is 1. The highest BCUT2D eigenvalue weighted by Gasteiger charge is 2.47. The minimum absolute atomic E-state index is 0.0834. The van der Waals surface area contributed by atoms with E-state index >= 15 is 0 Å². The van der Waals surface area contributed by atoms with Crippen LogP contribution in [0.25, 0.3) is 0 Å². The van der Waals surface area contributed by atoms with Gasteiger partial charge >= 0.3 is 0 Å². The zero-order chi connectivity index (χ0) is 19.0. The Balaban J connectivity index is 1.44. The molecule has 0 bridgehead atoms. The fourth-order valence-corrected chi connectivity index (χ4v) is 3.98. The number of amides is 1. The maximum absolute atomic E-state index is 13.1. The summed E-state index contributed by atoms with van der Waals surface area (Å²) in [5.41, 5.74) is 1.09. The van der Waals surface area contributed by atoms with Crippen molar-refractivity contribution in [3.8, 4) is 5.88 Å². The third-order valence-corrected chi connectivity index (χ3v) is 5.67. The summed E-state index contributed by atoms with van der Waals surface area (Å²) in [7, 11) is 0. The van der Waals surface area contributed by atoms with Crippen LogP contribution in [0.3, 0.4) is 0 Å². The van der Waals surface area contributed by atoms with Crippen molar-refractivity contribution in [2.24, 2.45) is 11.8 Å². The van der Waals surface area contributed by atoms with E-state index in [1.54, 1.807) is 12.1 Å². The number of likely N-dealkylation sites (tertiary alicyclic amines) is 1. The van der Waals surface area contributed by atoms with Gasteiger partial charge in [-0.1, -0.05) is 11.6 Å². The molecule has 4 rings (SSSR count). The summed E-state index contributed by atoms with van der Waals surface area (Å²) in [6.45, 7) is 3.01. The Morgan fingerprint density at radius 2 is 2.15 bits per heavy atom. The number of piperidine rings is 1. The summed E-state index contributed by atoms with van der Waals surface area (Å²) in [5.74, 6) is 1.17. The van der Waals surface area contributed by atoms with Crippen molar-refractivity contribution in [1.29, 1.82) is 0 Å². The summed E-state index contributed by atoms with van der Waals surface area (Å²) >= 11 is 6.23.